The second-order valence-corrected chi connectivity index (χ2v) is 13.1. The molecule has 8 nitrogen and oxygen atoms in total. The van der Waals surface area contributed by atoms with Gasteiger partial charge in [0.25, 0.3) is 0 Å². The van der Waals surface area contributed by atoms with Crippen molar-refractivity contribution in [3.8, 4) is 67.5 Å². The normalized spacial score (nSPS) is 11.7. The molecule has 0 fully saturated rings. The molecule has 5 heterocycles. The van der Waals surface area contributed by atoms with Crippen LogP contribution in [0.1, 0.15) is 22.8 Å². The summed E-state index contributed by atoms with van der Waals surface area (Å²) >= 11 is 0. The minimum atomic E-state index is 0.535. The van der Waals surface area contributed by atoms with Gasteiger partial charge >= 0.3 is 32.2 Å². The zero-order valence-corrected chi connectivity index (χ0v) is 29.7. The summed E-state index contributed by atoms with van der Waals surface area (Å²) < 4.78 is 20.0. The number of aromatic nitrogens is 4. The predicted molar refractivity (Wildman–Crippen MR) is 226 cm³/mol. The van der Waals surface area contributed by atoms with Gasteiger partial charge < -0.3 is 28.6 Å². The van der Waals surface area contributed by atoms with Crippen LogP contribution in [0.15, 0.2) is 121 Å². The quantitative estimate of drug-likeness (QED) is 0.152. The number of aromatic amines is 2. The second-order valence-electron chi connectivity index (χ2n) is 13.1. The summed E-state index contributed by atoms with van der Waals surface area (Å²) in [5.41, 5.74) is 13.5. The van der Waals surface area contributed by atoms with Crippen molar-refractivity contribution in [3.63, 3.8) is 0 Å². The Morgan fingerprint density at radius 2 is 0.518 bits per heavy atom. The highest BCUT2D eigenvalue weighted by molar-refractivity contribution is 6.02. The summed E-state index contributed by atoms with van der Waals surface area (Å²) in [6, 6.07) is 38.5. The molecule has 12 heteroatoms. The molecule has 2 aliphatic heterocycles. The lowest BCUT2D eigenvalue weighted by Crippen LogP contribution is -1.91. The third-order valence-electron chi connectivity index (χ3n) is 9.87. The molecule has 0 aliphatic carbocycles. The Labute approximate surface area is 327 Å². The third-order valence-corrected chi connectivity index (χ3v) is 9.87. The summed E-state index contributed by atoms with van der Waals surface area (Å²) in [4.78, 5) is 18.1. The van der Waals surface area contributed by atoms with Gasteiger partial charge in [-0.2, -0.15) is 0 Å². The summed E-state index contributed by atoms with van der Waals surface area (Å²) in [5.74, 6) is 2.14. The van der Waals surface area contributed by atoms with Gasteiger partial charge in [0, 0.05) is 44.3 Å². The van der Waals surface area contributed by atoms with Crippen LogP contribution in [0.4, 0.5) is 0 Å². The summed E-state index contributed by atoms with van der Waals surface area (Å²) in [6.07, 6.45) is 8.10. The first kappa shape index (κ1) is 34.7. The van der Waals surface area contributed by atoms with Crippen LogP contribution < -0.4 is 18.6 Å². The van der Waals surface area contributed by atoms with Gasteiger partial charge in [0.05, 0.1) is 45.8 Å². The van der Waals surface area contributed by atoms with Crippen LogP contribution in [0.2, 0.25) is 0 Å². The van der Waals surface area contributed by atoms with Crippen molar-refractivity contribution in [2.75, 3.05) is 0 Å². The number of nitrogens with one attached hydrogen (secondary N) is 2. The molecule has 2 aliphatic rings. The van der Waals surface area contributed by atoms with E-state index in [4.69, 9.17) is 60.8 Å². The Kier molecular flexibility index (Phi) is 9.07. The molecular formula is C44H26B4N4O4. The topological polar surface area (TPSA) is 94.3 Å². The number of hydrogen-bond acceptors (Lipinski definition) is 6. The Morgan fingerprint density at radius 1 is 0.304 bits per heavy atom. The summed E-state index contributed by atoms with van der Waals surface area (Å²) in [6.45, 7) is 0. The number of H-pyrrole nitrogens is 2. The fourth-order valence-corrected chi connectivity index (χ4v) is 7.22. The lowest BCUT2D eigenvalue weighted by atomic mass is 10.0. The molecule has 0 spiro atoms. The molecule has 258 valence electrons. The Morgan fingerprint density at radius 3 is 0.714 bits per heavy atom. The fourth-order valence-electron chi connectivity index (χ4n) is 7.22. The van der Waals surface area contributed by atoms with E-state index in [2.05, 4.69) is 34.2 Å². The molecule has 0 saturated carbocycles. The smallest absolute Gasteiger partial charge is 0.374 e. The van der Waals surface area contributed by atoms with Crippen LogP contribution in [0.5, 0.6) is 23.0 Å². The Bertz CT molecular complexity index is 2450. The highest BCUT2D eigenvalue weighted by atomic mass is 16.4. The highest BCUT2D eigenvalue weighted by Crippen LogP contribution is 2.39. The fraction of sp³-hybridized carbons (Fsp3) is 0. The third kappa shape index (κ3) is 6.35. The van der Waals surface area contributed by atoms with Gasteiger partial charge in [-0.1, -0.05) is 48.5 Å². The zero-order chi connectivity index (χ0) is 38.2. The van der Waals surface area contributed by atoms with E-state index in [0.29, 0.717) is 23.0 Å². The number of hydrogen-bond donors (Lipinski definition) is 2. The molecule has 3 aromatic heterocycles. The molecule has 0 atom stereocenters. The molecular weight excluding hydrogens is 692 g/mol. The number of rotatable bonds is 8. The van der Waals surface area contributed by atoms with E-state index in [1.165, 1.54) is 0 Å². The maximum Gasteiger partial charge on any atom is 0.374 e. The van der Waals surface area contributed by atoms with E-state index in [1.807, 2.05) is 121 Å². The van der Waals surface area contributed by atoms with Crippen LogP contribution in [0.3, 0.4) is 0 Å². The van der Waals surface area contributed by atoms with Gasteiger partial charge in [0.15, 0.2) is 0 Å². The average Bonchev–Trinajstić information content (AvgIpc) is 4.10. The van der Waals surface area contributed by atoms with Crippen molar-refractivity contribution in [2.45, 2.75) is 0 Å². The van der Waals surface area contributed by atoms with Crippen molar-refractivity contribution >= 4 is 78.6 Å². The van der Waals surface area contributed by atoms with E-state index < -0.39 is 0 Å². The molecule has 7 aromatic rings. The van der Waals surface area contributed by atoms with Crippen molar-refractivity contribution in [2.24, 2.45) is 0 Å². The number of nitrogens with zero attached hydrogens (tertiary/aromatic N) is 2. The summed E-state index contributed by atoms with van der Waals surface area (Å²) in [5, 5.41) is 0. The number of benzene rings is 4. The first-order valence-electron chi connectivity index (χ1n) is 17.6. The van der Waals surface area contributed by atoms with Crippen LogP contribution in [-0.2, 0) is 0 Å². The van der Waals surface area contributed by atoms with E-state index in [0.717, 1.165) is 89.4 Å². The van der Waals surface area contributed by atoms with Crippen LogP contribution in [0, 0.1) is 0 Å². The molecule has 0 amide bonds. The van der Waals surface area contributed by atoms with E-state index in [-0.39, 0.29) is 0 Å². The van der Waals surface area contributed by atoms with Gasteiger partial charge in [0.1, 0.15) is 0 Å². The van der Waals surface area contributed by atoms with Crippen LogP contribution in [-0.4, -0.2) is 52.1 Å². The highest BCUT2D eigenvalue weighted by Gasteiger charge is 2.19. The second kappa shape index (κ2) is 14.6. The molecule has 8 radical (unpaired) electrons. The molecule has 4 aromatic carbocycles. The van der Waals surface area contributed by atoms with E-state index in [1.54, 1.807) is 0 Å². The molecule has 9 rings (SSSR count). The van der Waals surface area contributed by atoms with Crippen LogP contribution >= 0.6 is 0 Å². The van der Waals surface area contributed by atoms with Crippen LogP contribution in [0.25, 0.3) is 90.9 Å². The minimum absolute atomic E-state index is 0.535. The molecule has 0 unspecified atom stereocenters. The molecule has 2 N–H and O–H groups in total. The van der Waals surface area contributed by atoms with Crippen molar-refractivity contribution in [1.82, 2.24) is 19.9 Å². The SMILES string of the molecule is [B]Oc1ccc(-c2c3nc(c(-c4ccc(O[B])cc4)c4ccc([nH]4)c(-c4ccc(O[B])cc4)c4nc(c(-c5ccc(O[B])cc5)c5ccc2[nH]5)C=C4)C=C3)cc1. The predicted octanol–water partition coefficient (Wildman–Crippen LogP) is 9.17. The lowest BCUT2D eigenvalue weighted by Gasteiger charge is -2.08. The Hall–Kier alpha value is -7.06. The van der Waals surface area contributed by atoms with Gasteiger partial charge in [-0.15, -0.1) is 0 Å². The van der Waals surface area contributed by atoms with E-state index >= 15 is 0 Å². The van der Waals surface area contributed by atoms with E-state index in [9.17, 15) is 0 Å². The maximum atomic E-state index is 5.50. The summed E-state index contributed by atoms with van der Waals surface area (Å²) in [7, 11) is 22.0. The lowest BCUT2D eigenvalue weighted by molar-refractivity contribution is 0.616. The van der Waals surface area contributed by atoms with Crippen molar-refractivity contribution < 1.29 is 18.6 Å². The van der Waals surface area contributed by atoms with Crippen molar-refractivity contribution in [1.29, 1.82) is 0 Å². The largest absolute Gasteiger partial charge is 0.568 e. The molecule has 56 heavy (non-hydrogen) atoms. The molecule has 0 saturated heterocycles. The first-order chi connectivity index (χ1) is 27.5. The molecule has 8 bridgehead atoms. The average molecular weight is 718 g/mol. The van der Waals surface area contributed by atoms with Gasteiger partial charge in [-0.05, 0) is 119 Å². The van der Waals surface area contributed by atoms with Gasteiger partial charge in [-0.3, -0.25) is 0 Å². The maximum absolute atomic E-state index is 5.50. The minimum Gasteiger partial charge on any atom is -0.568 e. The standard InChI is InChI=1S/C44H26B4N4O4/c45-53-29-9-1-25(2-10-29)41-33-17-19-35(49-33)42(26-3-11-30(54-46)12-4-26)37-21-23-39(51-37)44(28-7-15-32(56-48)16-8-28)40-24-22-38(52-40)43(36-20-18-34(41)50-36)27-5-13-31(55-47)14-6-27/h1-24,49,52H. The van der Waals surface area contributed by atoms with Gasteiger partial charge in [0.2, 0.25) is 0 Å². The van der Waals surface area contributed by atoms with Crippen molar-refractivity contribution in [3.05, 3.63) is 144 Å². The monoisotopic (exact) mass is 718 g/mol. The number of fused-ring (bicyclic) bond motifs is 8. The zero-order valence-electron chi connectivity index (χ0n) is 29.7. The first-order valence-corrected chi connectivity index (χ1v) is 17.6. The van der Waals surface area contributed by atoms with Gasteiger partial charge in [-0.25, -0.2) is 9.97 Å². The Balaban J connectivity index is 1.44.